The smallest absolute Gasteiger partial charge is 0.339 e. The molecule has 0 fully saturated rings. The summed E-state index contributed by atoms with van der Waals surface area (Å²) >= 11 is 1.58. The van der Waals surface area contributed by atoms with Crippen LogP contribution in [0.4, 0.5) is 11.4 Å². The average molecular weight is 515 g/mol. The van der Waals surface area contributed by atoms with Gasteiger partial charge in [0.15, 0.2) is 6.61 Å². The lowest BCUT2D eigenvalue weighted by Crippen LogP contribution is -2.30. The van der Waals surface area contributed by atoms with Crippen LogP contribution in [-0.2, 0) is 9.53 Å². The first-order valence-electron chi connectivity index (χ1n) is 12.2. The van der Waals surface area contributed by atoms with Crippen molar-refractivity contribution < 1.29 is 14.3 Å². The number of hydrogen-bond donors (Lipinski definition) is 0. The number of benzene rings is 5. The summed E-state index contributed by atoms with van der Waals surface area (Å²) < 4.78 is 6.70. The molecule has 38 heavy (non-hydrogen) atoms. The van der Waals surface area contributed by atoms with Gasteiger partial charge in [-0.2, -0.15) is 0 Å². The van der Waals surface area contributed by atoms with E-state index < -0.39 is 12.6 Å². The summed E-state index contributed by atoms with van der Waals surface area (Å²) in [4.78, 5) is 33.1. The maximum absolute atomic E-state index is 13.4. The van der Waals surface area contributed by atoms with Crippen molar-refractivity contribution in [2.24, 2.45) is 0 Å². The number of para-hydroxylation sites is 3. The van der Waals surface area contributed by atoms with Gasteiger partial charge in [0, 0.05) is 22.3 Å². The minimum absolute atomic E-state index is 0.345. The van der Waals surface area contributed by atoms with E-state index in [2.05, 4.69) is 0 Å². The van der Waals surface area contributed by atoms with Crippen LogP contribution in [0.3, 0.4) is 0 Å². The number of thiazole rings is 1. The molecule has 0 unspecified atom stereocenters. The van der Waals surface area contributed by atoms with Gasteiger partial charge in [0.25, 0.3) is 5.91 Å². The van der Waals surface area contributed by atoms with Gasteiger partial charge in [0.1, 0.15) is 5.01 Å². The van der Waals surface area contributed by atoms with Gasteiger partial charge >= 0.3 is 5.97 Å². The molecule has 0 bridgehead atoms. The summed E-state index contributed by atoms with van der Waals surface area (Å²) in [5.74, 6) is -0.902. The Kier molecular flexibility index (Phi) is 6.38. The van der Waals surface area contributed by atoms with E-state index in [0.29, 0.717) is 16.9 Å². The third-order valence-electron chi connectivity index (χ3n) is 6.25. The molecule has 0 aliphatic rings. The highest BCUT2D eigenvalue weighted by molar-refractivity contribution is 7.21. The van der Waals surface area contributed by atoms with Crippen molar-refractivity contribution in [1.29, 1.82) is 0 Å². The van der Waals surface area contributed by atoms with E-state index in [0.717, 1.165) is 31.6 Å². The molecule has 0 aliphatic carbocycles. The molecule has 0 aliphatic heterocycles. The number of ether oxygens (including phenoxy) is 1. The fourth-order valence-electron chi connectivity index (χ4n) is 4.54. The van der Waals surface area contributed by atoms with Gasteiger partial charge in [0.2, 0.25) is 0 Å². The molecule has 6 rings (SSSR count). The third-order valence-corrected chi connectivity index (χ3v) is 7.32. The molecule has 184 valence electrons. The summed E-state index contributed by atoms with van der Waals surface area (Å²) in [5.41, 5.74) is 3.57. The second-order valence-electron chi connectivity index (χ2n) is 8.67. The molecule has 1 aromatic heterocycles. The number of rotatable bonds is 6. The first kappa shape index (κ1) is 23.6. The fraction of sp³-hybridized carbons (Fsp3) is 0.0312. The quantitative estimate of drug-likeness (QED) is 0.214. The zero-order valence-corrected chi connectivity index (χ0v) is 21.1. The number of fused-ring (bicyclic) bond motifs is 2. The fourth-order valence-corrected chi connectivity index (χ4v) is 5.53. The van der Waals surface area contributed by atoms with Crippen molar-refractivity contribution >= 4 is 55.6 Å². The highest BCUT2D eigenvalue weighted by Gasteiger charge is 2.22. The number of amides is 1. The van der Waals surface area contributed by atoms with Crippen molar-refractivity contribution in [2.75, 3.05) is 11.5 Å². The molecule has 5 nitrogen and oxygen atoms in total. The van der Waals surface area contributed by atoms with E-state index in [1.54, 1.807) is 22.3 Å². The van der Waals surface area contributed by atoms with Gasteiger partial charge in [0.05, 0.1) is 15.8 Å². The summed E-state index contributed by atoms with van der Waals surface area (Å²) in [6, 6.07) is 38.0. The van der Waals surface area contributed by atoms with Gasteiger partial charge in [-0.3, -0.25) is 9.69 Å². The minimum Gasteiger partial charge on any atom is -0.452 e. The normalized spacial score (nSPS) is 10.9. The van der Waals surface area contributed by atoms with Gasteiger partial charge in [-0.05, 0) is 47.9 Å². The number of aromatic nitrogens is 1. The summed E-state index contributed by atoms with van der Waals surface area (Å²) in [6.07, 6.45) is 0. The van der Waals surface area contributed by atoms with Crippen LogP contribution in [0.25, 0.3) is 31.6 Å². The van der Waals surface area contributed by atoms with Gasteiger partial charge in [-0.15, -0.1) is 11.3 Å². The number of anilines is 2. The Morgan fingerprint density at radius 1 is 0.711 bits per heavy atom. The Balaban J connectivity index is 1.32. The molecule has 0 N–H and O–H groups in total. The monoisotopic (exact) mass is 514 g/mol. The predicted molar refractivity (Wildman–Crippen MR) is 153 cm³/mol. The highest BCUT2D eigenvalue weighted by atomic mass is 32.1. The topological polar surface area (TPSA) is 59.5 Å². The minimum atomic E-state index is -0.557. The lowest BCUT2D eigenvalue weighted by molar-refractivity contribution is -0.120. The van der Waals surface area contributed by atoms with Gasteiger partial charge in [-0.25, -0.2) is 9.78 Å². The zero-order chi connectivity index (χ0) is 25.9. The molecule has 0 spiro atoms. The van der Waals surface area contributed by atoms with E-state index in [-0.39, 0.29) is 5.91 Å². The van der Waals surface area contributed by atoms with Crippen LogP contribution in [0.1, 0.15) is 10.4 Å². The van der Waals surface area contributed by atoms with Crippen LogP contribution in [0.5, 0.6) is 0 Å². The van der Waals surface area contributed by atoms with Crippen molar-refractivity contribution in [3.8, 4) is 10.6 Å². The molecule has 1 heterocycles. The molecule has 0 radical (unpaired) electrons. The van der Waals surface area contributed by atoms with Crippen LogP contribution < -0.4 is 4.90 Å². The van der Waals surface area contributed by atoms with Crippen LogP contribution in [0.15, 0.2) is 121 Å². The number of esters is 1. The Hall–Kier alpha value is -4.81. The Morgan fingerprint density at radius 3 is 2.03 bits per heavy atom. The molecular formula is C32H22N2O3S. The maximum Gasteiger partial charge on any atom is 0.339 e. The van der Waals surface area contributed by atoms with Gasteiger partial charge in [-0.1, -0.05) is 78.9 Å². The molecule has 6 aromatic rings. The number of hydrogen-bond acceptors (Lipinski definition) is 5. The zero-order valence-electron chi connectivity index (χ0n) is 20.3. The Bertz CT molecular complexity index is 1690. The third kappa shape index (κ3) is 4.53. The first-order valence-corrected chi connectivity index (χ1v) is 13.0. The van der Waals surface area contributed by atoms with Crippen molar-refractivity contribution in [2.45, 2.75) is 0 Å². The molecule has 0 atom stereocenters. The van der Waals surface area contributed by atoms with E-state index in [9.17, 15) is 9.59 Å². The van der Waals surface area contributed by atoms with E-state index in [1.165, 1.54) is 0 Å². The standard InChI is InChI=1S/C32H22N2O3S/c35-29(34(23-13-3-1-4-14-23)24-15-5-2-6-16-24)21-37-32(36)26-18-10-12-22-11-9-17-25(30(22)26)31-33-27-19-7-8-20-28(27)38-31/h1-20H,21H2. The average Bonchev–Trinajstić information content (AvgIpc) is 3.41. The molecule has 0 saturated heterocycles. The van der Waals surface area contributed by atoms with Gasteiger partial charge < -0.3 is 4.74 Å². The summed E-state index contributed by atoms with van der Waals surface area (Å²) in [5, 5.41) is 2.49. The molecular weight excluding hydrogens is 492 g/mol. The predicted octanol–water partition coefficient (Wildman–Crippen LogP) is 7.64. The summed E-state index contributed by atoms with van der Waals surface area (Å²) in [6.45, 7) is -0.400. The van der Waals surface area contributed by atoms with Crippen LogP contribution >= 0.6 is 11.3 Å². The number of carbonyl (C=O) groups excluding carboxylic acids is 2. The van der Waals surface area contributed by atoms with Crippen LogP contribution in [-0.4, -0.2) is 23.5 Å². The maximum atomic E-state index is 13.4. The first-order chi connectivity index (χ1) is 18.7. The lowest BCUT2D eigenvalue weighted by atomic mass is 9.99. The van der Waals surface area contributed by atoms with E-state index in [1.807, 2.05) is 115 Å². The number of nitrogens with zero attached hydrogens (tertiary/aromatic N) is 2. The van der Waals surface area contributed by atoms with E-state index >= 15 is 0 Å². The molecule has 1 amide bonds. The van der Waals surface area contributed by atoms with Crippen molar-refractivity contribution in [1.82, 2.24) is 4.98 Å². The van der Waals surface area contributed by atoms with Crippen LogP contribution in [0.2, 0.25) is 0 Å². The molecule has 6 heteroatoms. The second kappa shape index (κ2) is 10.3. The SMILES string of the molecule is O=C(OCC(=O)N(c1ccccc1)c1ccccc1)c1cccc2cccc(-c3nc4ccccc4s3)c12. The Labute approximate surface area is 223 Å². The molecule has 5 aromatic carbocycles. The lowest BCUT2D eigenvalue weighted by Gasteiger charge is -2.23. The highest BCUT2D eigenvalue weighted by Crippen LogP contribution is 2.36. The van der Waals surface area contributed by atoms with Crippen molar-refractivity contribution in [3.63, 3.8) is 0 Å². The largest absolute Gasteiger partial charge is 0.452 e. The van der Waals surface area contributed by atoms with Crippen LogP contribution in [0, 0.1) is 0 Å². The van der Waals surface area contributed by atoms with Crippen molar-refractivity contribution in [3.05, 3.63) is 127 Å². The summed E-state index contributed by atoms with van der Waals surface area (Å²) in [7, 11) is 0. The second-order valence-corrected chi connectivity index (χ2v) is 9.70. The molecule has 0 saturated carbocycles. The van der Waals surface area contributed by atoms with E-state index in [4.69, 9.17) is 9.72 Å². The number of carbonyl (C=O) groups is 2. The Morgan fingerprint density at radius 2 is 1.34 bits per heavy atom.